The zero-order chi connectivity index (χ0) is 24.7. The molecule has 0 aliphatic carbocycles. The lowest BCUT2D eigenvalue weighted by Gasteiger charge is -2.26. The Labute approximate surface area is 200 Å². The SMILES string of the molecule is CCCN(Cc1cc(NC(=O)c2ccccc2OC)ccc1N(C)C)C(=O)c1ccc(F)cc1. The Morgan fingerprint density at radius 3 is 2.35 bits per heavy atom. The molecule has 6 nitrogen and oxygen atoms in total. The Hall–Kier alpha value is -3.87. The summed E-state index contributed by atoms with van der Waals surface area (Å²) in [5.74, 6) is -0.347. The van der Waals surface area contributed by atoms with E-state index in [4.69, 9.17) is 4.74 Å². The third kappa shape index (κ3) is 5.92. The van der Waals surface area contributed by atoms with Crippen LogP contribution in [0.3, 0.4) is 0 Å². The fourth-order valence-electron chi connectivity index (χ4n) is 3.76. The Morgan fingerprint density at radius 2 is 1.71 bits per heavy atom. The Kier molecular flexibility index (Phi) is 8.24. The molecule has 3 aromatic carbocycles. The van der Waals surface area contributed by atoms with Gasteiger partial charge in [0.25, 0.3) is 11.8 Å². The van der Waals surface area contributed by atoms with Crippen LogP contribution in [0.4, 0.5) is 15.8 Å². The number of amides is 2. The van der Waals surface area contributed by atoms with Gasteiger partial charge < -0.3 is 19.9 Å². The fraction of sp³-hybridized carbons (Fsp3) is 0.259. The third-order valence-corrected chi connectivity index (χ3v) is 5.40. The van der Waals surface area contributed by atoms with Gasteiger partial charge in [-0.3, -0.25) is 9.59 Å². The van der Waals surface area contributed by atoms with E-state index in [1.807, 2.05) is 44.1 Å². The number of methoxy groups -OCH3 is 1. The van der Waals surface area contributed by atoms with Crippen LogP contribution in [-0.2, 0) is 6.54 Å². The van der Waals surface area contributed by atoms with Crippen LogP contribution in [0.1, 0.15) is 39.6 Å². The van der Waals surface area contributed by atoms with Gasteiger partial charge in [0.15, 0.2) is 0 Å². The van der Waals surface area contributed by atoms with Crippen molar-refractivity contribution in [3.05, 3.63) is 89.2 Å². The molecule has 34 heavy (non-hydrogen) atoms. The number of para-hydroxylation sites is 1. The van der Waals surface area contributed by atoms with Gasteiger partial charge in [-0.1, -0.05) is 19.1 Å². The van der Waals surface area contributed by atoms with Crippen molar-refractivity contribution in [2.75, 3.05) is 38.0 Å². The minimum Gasteiger partial charge on any atom is -0.496 e. The first-order chi connectivity index (χ1) is 16.3. The van der Waals surface area contributed by atoms with Gasteiger partial charge in [0.05, 0.1) is 12.7 Å². The van der Waals surface area contributed by atoms with Gasteiger partial charge in [-0.15, -0.1) is 0 Å². The fourth-order valence-corrected chi connectivity index (χ4v) is 3.76. The van der Waals surface area contributed by atoms with Gasteiger partial charge in [-0.05, 0) is 66.6 Å². The number of hydrogen-bond acceptors (Lipinski definition) is 4. The maximum Gasteiger partial charge on any atom is 0.259 e. The highest BCUT2D eigenvalue weighted by Crippen LogP contribution is 2.26. The summed E-state index contributed by atoms with van der Waals surface area (Å²) in [5.41, 5.74) is 3.29. The molecule has 0 atom stereocenters. The lowest BCUT2D eigenvalue weighted by molar-refractivity contribution is 0.0743. The number of nitrogens with one attached hydrogen (secondary N) is 1. The van der Waals surface area contributed by atoms with Crippen molar-refractivity contribution in [1.82, 2.24) is 4.90 Å². The number of halogens is 1. The van der Waals surface area contributed by atoms with Gasteiger partial charge >= 0.3 is 0 Å². The first-order valence-electron chi connectivity index (χ1n) is 11.1. The summed E-state index contributed by atoms with van der Waals surface area (Å²) in [5, 5.41) is 2.93. The summed E-state index contributed by atoms with van der Waals surface area (Å²) in [6.07, 6.45) is 0.772. The van der Waals surface area contributed by atoms with Crippen molar-refractivity contribution in [2.24, 2.45) is 0 Å². The summed E-state index contributed by atoms with van der Waals surface area (Å²) >= 11 is 0. The van der Waals surface area contributed by atoms with Crippen LogP contribution in [0.15, 0.2) is 66.7 Å². The van der Waals surface area contributed by atoms with E-state index in [0.29, 0.717) is 35.7 Å². The number of ether oxygens (including phenoxy) is 1. The number of hydrogen-bond donors (Lipinski definition) is 1. The molecule has 0 spiro atoms. The highest BCUT2D eigenvalue weighted by atomic mass is 19.1. The summed E-state index contributed by atoms with van der Waals surface area (Å²) in [6, 6.07) is 18.2. The minimum atomic E-state index is -0.382. The van der Waals surface area contributed by atoms with E-state index in [2.05, 4.69) is 5.32 Å². The number of carbonyl (C=O) groups is 2. The first-order valence-corrected chi connectivity index (χ1v) is 11.1. The summed E-state index contributed by atoms with van der Waals surface area (Å²) in [7, 11) is 5.38. The Balaban J connectivity index is 1.89. The number of benzene rings is 3. The second-order valence-corrected chi connectivity index (χ2v) is 8.13. The molecule has 178 valence electrons. The quantitative estimate of drug-likeness (QED) is 0.474. The van der Waals surface area contributed by atoms with Crippen molar-refractivity contribution in [3.63, 3.8) is 0 Å². The molecule has 0 unspecified atom stereocenters. The molecule has 3 rings (SSSR count). The average Bonchev–Trinajstić information content (AvgIpc) is 2.83. The van der Waals surface area contributed by atoms with Crippen LogP contribution in [0.25, 0.3) is 0 Å². The van der Waals surface area contributed by atoms with Crippen molar-refractivity contribution in [1.29, 1.82) is 0 Å². The predicted molar refractivity (Wildman–Crippen MR) is 133 cm³/mol. The number of anilines is 2. The lowest BCUT2D eigenvalue weighted by atomic mass is 10.1. The van der Waals surface area contributed by atoms with E-state index in [0.717, 1.165) is 17.7 Å². The van der Waals surface area contributed by atoms with Crippen LogP contribution in [0, 0.1) is 5.82 Å². The van der Waals surface area contributed by atoms with E-state index >= 15 is 0 Å². The number of rotatable bonds is 9. The standard InChI is InChI=1S/C27H30FN3O3/c1-5-16-31(27(33)19-10-12-21(28)13-11-19)18-20-17-22(14-15-24(20)30(2)3)29-26(32)23-8-6-7-9-25(23)34-4/h6-15,17H,5,16,18H2,1-4H3,(H,29,32). The lowest BCUT2D eigenvalue weighted by Crippen LogP contribution is -2.32. The van der Waals surface area contributed by atoms with Crippen molar-refractivity contribution in [2.45, 2.75) is 19.9 Å². The van der Waals surface area contributed by atoms with Gasteiger partial charge in [0.1, 0.15) is 11.6 Å². The topological polar surface area (TPSA) is 61.9 Å². The molecule has 0 aliphatic rings. The number of nitrogens with zero attached hydrogens (tertiary/aromatic N) is 2. The van der Waals surface area contributed by atoms with E-state index in [-0.39, 0.29) is 17.6 Å². The smallest absolute Gasteiger partial charge is 0.259 e. The molecule has 1 N–H and O–H groups in total. The van der Waals surface area contributed by atoms with Gasteiger partial charge in [-0.2, -0.15) is 0 Å². The Morgan fingerprint density at radius 1 is 1.00 bits per heavy atom. The van der Waals surface area contributed by atoms with Gasteiger partial charge in [-0.25, -0.2) is 4.39 Å². The van der Waals surface area contributed by atoms with Gasteiger partial charge in [0, 0.05) is 44.1 Å². The predicted octanol–water partition coefficient (Wildman–Crippen LogP) is 5.21. The number of carbonyl (C=O) groups excluding carboxylic acids is 2. The zero-order valence-corrected chi connectivity index (χ0v) is 20.0. The zero-order valence-electron chi connectivity index (χ0n) is 20.0. The minimum absolute atomic E-state index is 0.171. The molecular weight excluding hydrogens is 433 g/mol. The summed E-state index contributed by atoms with van der Waals surface area (Å²) < 4.78 is 18.6. The Bertz CT molecular complexity index is 1150. The van der Waals surface area contributed by atoms with E-state index in [1.165, 1.54) is 31.4 Å². The largest absolute Gasteiger partial charge is 0.496 e. The summed E-state index contributed by atoms with van der Waals surface area (Å²) in [4.78, 5) is 29.7. The highest BCUT2D eigenvalue weighted by Gasteiger charge is 2.19. The second kappa shape index (κ2) is 11.3. The van der Waals surface area contributed by atoms with E-state index < -0.39 is 0 Å². The normalized spacial score (nSPS) is 10.5. The molecule has 0 radical (unpaired) electrons. The van der Waals surface area contributed by atoms with Gasteiger partial charge in [0.2, 0.25) is 0 Å². The first kappa shape index (κ1) is 24.8. The van der Waals surface area contributed by atoms with E-state index in [1.54, 1.807) is 29.2 Å². The molecule has 0 saturated carbocycles. The molecule has 0 bridgehead atoms. The third-order valence-electron chi connectivity index (χ3n) is 5.40. The maximum absolute atomic E-state index is 13.3. The second-order valence-electron chi connectivity index (χ2n) is 8.13. The molecule has 0 saturated heterocycles. The highest BCUT2D eigenvalue weighted by molar-refractivity contribution is 6.06. The van der Waals surface area contributed by atoms with Crippen molar-refractivity contribution < 1.29 is 18.7 Å². The van der Waals surface area contributed by atoms with E-state index in [9.17, 15) is 14.0 Å². The molecule has 0 fully saturated rings. The van der Waals surface area contributed by atoms with Crippen molar-refractivity contribution >= 4 is 23.2 Å². The van der Waals surface area contributed by atoms with Crippen molar-refractivity contribution in [3.8, 4) is 5.75 Å². The monoisotopic (exact) mass is 463 g/mol. The average molecular weight is 464 g/mol. The van der Waals surface area contributed by atoms with Crippen LogP contribution < -0.4 is 15.0 Å². The molecule has 0 heterocycles. The molecular formula is C27H30FN3O3. The summed E-state index contributed by atoms with van der Waals surface area (Å²) in [6.45, 7) is 2.89. The molecule has 3 aromatic rings. The van der Waals surface area contributed by atoms with Crippen LogP contribution in [-0.4, -0.2) is 44.5 Å². The van der Waals surface area contributed by atoms with Crippen LogP contribution in [0.2, 0.25) is 0 Å². The maximum atomic E-state index is 13.3. The van der Waals surface area contributed by atoms with Crippen LogP contribution >= 0.6 is 0 Å². The molecule has 0 aliphatic heterocycles. The molecule has 2 amide bonds. The molecule has 7 heteroatoms. The molecule has 0 aromatic heterocycles. The van der Waals surface area contributed by atoms with Crippen LogP contribution in [0.5, 0.6) is 5.75 Å².